The van der Waals surface area contributed by atoms with Crippen LogP contribution in [0.2, 0.25) is 0 Å². The van der Waals surface area contributed by atoms with Crippen molar-refractivity contribution in [1.29, 1.82) is 0 Å². The van der Waals surface area contributed by atoms with Crippen LogP contribution in [0.5, 0.6) is 5.75 Å². The lowest BCUT2D eigenvalue weighted by molar-refractivity contribution is -0.144. The van der Waals surface area contributed by atoms with Crippen molar-refractivity contribution in [2.24, 2.45) is 11.8 Å². The van der Waals surface area contributed by atoms with Crippen molar-refractivity contribution in [2.45, 2.75) is 41.6 Å². The first-order valence-corrected chi connectivity index (χ1v) is 14.9. The van der Waals surface area contributed by atoms with Gasteiger partial charge in [-0.1, -0.05) is 76.6 Å². The van der Waals surface area contributed by atoms with Crippen LogP contribution in [0.25, 0.3) is 0 Å². The van der Waals surface area contributed by atoms with Gasteiger partial charge in [-0.25, -0.2) is 0 Å². The van der Waals surface area contributed by atoms with Gasteiger partial charge in [-0.2, -0.15) is 0 Å². The second-order valence-corrected chi connectivity index (χ2v) is 12.1. The summed E-state index contributed by atoms with van der Waals surface area (Å²) >= 11 is 3.70. The number of nitrogens with one attached hydrogen (secondary N) is 2. The summed E-state index contributed by atoms with van der Waals surface area (Å²) in [5, 5.41) is 16.5. The van der Waals surface area contributed by atoms with Crippen LogP contribution in [-0.2, 0) is 25.7 Å². The lowest BCUT2D eigenvalue weighted by Gasteiger charge is -2.37. The molecule has 0 saturated carbocycles. The number of amides is 3. The second kappa shape index (κ2) is 11.5. The molecule has 1 spiro atoms. The molecule has 3 aliphatic heterocycles. The number of benzene rings is 3. The highest BCUT2D eigenvalue weighted by Gasteiger charge is 2.77. The lowest BCUT2D eigenvalue weighted by atomic mass is 9.70. The van der Waals surface area contributed by atoms with E-state index in [9.17, 15) is 19.5 Å². The van der Waals surface area contributed by atoms with Gasteiger partial charge in [0, 0.05) is 17.1 Å². The van der Waals surface area contributed by atoms with E-state index in [-0.39, 0.29) is 16.6 Å². The quantitative estimate of drug-likeness (QED) is 0.311. The molecule has 3 aliphatic rings. The molecule has 218 valence electrons. The summed E-state index contributed by atoms with van der Waals surface area (Å²) in [7, 11) is 1.56. The highest BCUT2D eigenvalue weighted by molar-refractivity contribution is 9.09. The van der Waals surface area contributed by atoms with Gasteiger partial charge in [0.25, 0.3) is 0 Å². The van der Waals surface area contributed by atoms with Gasteiger partial charge in [0.15, 0.2) is 0 Å². The Kier molecular flexibility index (Phi) is 7.78. The maximum atomic E-state index is 14.4. The van der Waals surface area contributed by atoms with Crippen molar-refractivity contribution in [3.63, 3.8) is 0 Å². The predicted molar refractivity (Wildman–Crippen MR) is 159 cm³/mol. The van der Waals surface area contributed by atoms with E-state index in [4.69, 9.17) is 9.47 Å². The largest absolute Gasteiger partial charge is 0.497 e. The Bertz CT molecular complexity index is 1460. The summed E-state index contributed by atoms with van der Waals surface area (Å²) in [6.45, 7) is -0.102. The Morgan fingerprint density at radius 2 is 1.71 bits per heavy atom. The number of nitrogens with zero attached hydrogens (tertiary/aromatic N) is 1. The number of anilines is 1. The number of carbonyl (C=O) groups is 3. The van der Waals surface area contributed by atoms with Gasteiger partial charge in [-0.05, 0) is 41.8 Å². The Morgan fingerprint density at radius 1 is 1.05 bits per heavy atom. The number of hydrogen-bond acceptors (Lipinski definition) is 6. The molecule has 7 atom stereocenters. The number of rotatable bonds is 9. The Hall–Kier alpha value is -3.73. The minimum absolute atomic E-state index is 0.241. The molecule has 3 aromatic rings. The third kappa shape index (κ3) is 4.77. The number of fused-ring (bicyclic) bond motifs is 1. The minimum Gasteiger partial charge on any atom is -0.497 e. The molecular weight excluding hydrogens is 602 g/mol. The summed E-state index contributed by atoms with van der Waals surface area (Å²) in [4.78, 5) is 43.6. The van der Waals surface area contributed by atoms with E-state index in [1.807, 2.05) is 60.7 Å². The lowest BCUT2D eigenvalue weighted by Crippen LogP contribution is -2.55. The molecule has 3 unspecified atom stereocenters. The van der Waals surface area contributed by atoms with Crippen LogP contribution in [0.4, 0.5) is 5.69 Å². The van der Waals surface area contributed by atoms with Gasteiger partial charge in [-0.3, -0.25) is 14.4 Å². The number of hydrogen-bond donors (Lipinski definition) is 3. The topological polar surface area (TPSA) is 117 Å². The van der Waals surface area contributed by atoms with E-state index in [0.717, 1.165) is 5.56 Å². The van der Waals surface area contributed by atoms with Crippen molar-refractivity contribution in [2.75, 3.05) is 19.0 Å². The Labute approximate surface area is 252 Å². The fourth-order valence-corrected chi connectivity index (χ4v) is 7.76. The first-order chi connectivity index (χ1) is 20.4. The van der Waals surface area contributed by atoms with Crippen LogP contribution in [0.15, 0.2) is 84.9 Å². The van der Waals surface area contributed by atoms with E-state index >= 15 is 0 Å². The standard InChI is InChI=1S/C32H32BrN3O6/c1-41-22-14-12-21(13-15-22)35-30(39)28-32-16-23(33)27(42-32)25(29(38)34-17-19-8-4-2-5-9-19)26(32)31(40)36(28)24(18-37)20-10-6-3-7-11-20/h2-15,23-28,37H,16-18H2,1H3,(H,34,38)(H,35,39)/t23?,24-,25-,26+,27-,28?,32?/m1/s1. The summed E-state index contributed by atoms with van der Waals surface area (Å²) in [6, 6.07) is 23.6. The molecule has 0 aliphatic carbocycles. The molecule has 3 heterocycles. The number of aliphatic hydroxyl groups excluding tert-OH is 1. The predicted octanol–water partition coefficient (Wildman–Crippen LogP) is 3.43. The van der Waals surface area contributed by atoms with E-state index in [2.05, 4.69) is 26.6 Å². The molecule has 3 aromatic carbocycles. The van der Waals surface area contributed by atoms with Crippen LogP contribution < -0.4 is 15.4 Å². The first kappa shape index (κ1) is 28.4. The Morgan fingerprint density at radius 3 is 2.36 bits per heavy atom. The number of halogens is 1. The number of carbonyl (C=O) groups excluding carboxylic acids is 3. The van der Waals surface area contributed by atoms with Gasteiger partial charge in [0.1, 0.15) is 17.4 Å². The molecule has 3 fully saturated rings. The molecule has 3 saturated heterocycles. The first-order valence-electron chi connectivity index (χ1n) is 13.9. The number of methoxy groups -OCH3 is 1. The molecule has 3 amide bonds. The molecule has 2 bridgehead atoms. The fourth-order valence-electron chi connectivity index (χ4n) is 6.82. The highest BCUT2D eigenvalue weighted by atomic mass is 79.9. The summed E-state index contributed by atoms with van der Waals surface area (Å²) < 4.78 is 11.8. The van der Waals surface area contributed by atoms with Gasteiger partial charge in [-0.15, -0.1) is 0 Å². The van der Waals surface area contributed by atoms with Gasteiger partial charge >= 0.3 is 0 Å². The molecule has 9 nitrogen and oxygen atoms in total. The van der Waals surface area contributed by atoms with Crippen LogP contribution >= 0.6 is 15.9 Å². The minimum atomic E-state index is -1.26. The zero-order chi connectivity index (χ0) is 29.4. The molecule has 0 radical (unpaired) electrons. The van der Waals surface area contributed by atoms with E-state index in [1.54, 1.807) is 31.4 Å². The number of aliphatic hydroxyl groups is 1. The van der Waals surface area contributed by atoms with Crippen molar-refractivity contribution < 1.29 is 29.0 Å². The highest BCUT2D eigenvalue weighted by Crippen LogP contribution is 2.61. The third-order valence-corrected chi connectivity index (χ3v) is 9.48. The summed E-state index contributed by atoms with van der Waals surface area (Å²) in [5.41, 5.74) is 0.875. The summed E-state index contributed by atoms with van der Waals surface area (Å²) in [6.07, 6.45) is -0.224. The van der Waals surface area contributed by atoms with Crippen molar-refractivity contribution in [1.82, 2.24) is 10.2 Å². The number of likely N-dealkylation sites (tertiary alicyclic amines) is 1. The summed E-state index contributed by atoms with van der Waals surface area (Å²) in [5.74, 6) is -2.19. The average Bonchev–Trinajstić information content (AvgIpc) is 3.61. The third-order valence-electron chi connectivity index (χ3n) is 8.64. The molecular formula is C32H32BrN3O6. The zero-order valence-electron chi connectivity index (χ0n) is 23.0. The molecule has 6 rings (SSSR count). The maximum Gasteiger partial charge on any atom is 0.250 e. The smallest absolute Gasteiger partial charge is 0.250 e. The van der Waals surface area contributed by atoms with Crippen molar-refractivity contribution in [3.8, 4) is 5.75 Å². The maximum absolute atomic E-state index is 14.4. The van der Waals surface area contributed by atoms with E-state index in [0.29, 0.717) is 30.0 Å². The average molecular weight is 635 g/mol. The molecule has 42 heavy (non-hydrogen) atoms. The van der Waals surface area contributed by atoms with Crippen LogP contribution in [0.1, 0.15) is 23.6 Å². The second-order valence-electron chi connectivity index (χ2n) is 10.9. The normalized spacial score (nSPS) is 28.3. The van der Waals surface area contributed by atoms with E-state index in [1.165, 1.54) is 4.90 Å². The zero-order valence-corrected chi connectivity index (χ0v) is 24.6. The van der Waals surface area contributed by atoms with Gasteiger partial charge in [0.2, 0.25) is 17.7 Å². The SMILES string of the molecule is COc1ccc(NC(=O)C2N([C@H](CO)c3ccccc3)C(=O)[C@@H]3[C@@H](C(=O)NCc4ccccc4)[C@@H]4OC23CC4Br)cc1. The molecule has 10 heteroatoms. The molecule has 3 N–H and O–H groups in total. The van der Waals surface area contributed by atoms with E-state index < -0.39 is 48.1 Å². The number of alkyl halides is 1. The van der Waals surface area contributed by atoms with Gasteiger partial charge < -0.3 is 30.1 Å². The monoisotopic (exact) mass is 633 g/mol. The van der Waals surface area contributed by atoms with Crippen LogP contribution in [-0.4, -0.2) is 64.0 Å². The fraction of sp³-hybridized carbons (Fsp3) is 0.344. The number of ether oxygens (including phenoxy) is 2. The molecule has 0 aromatic heterocycles. The van der Waals surface area contributed by atoms with Gasteiger partial charge in [0.05, 0.1) is 37.7 Å². The van der Waals surface area contributed by atoms with Crippen molar-refractivity contribution in [3.05, 3.63) is 96.1 Å². The van der Waals surface area contributed by atoms with Crippen molar-refractivity contribution >= 4 is 39.3 Å². The van der Waals surface area contributed by atoms with Crippen LogP contribution in [0, 0.1) is 11.8 Å². The van der Waals surface area contributed by atoms with Crippen LogP contribution in [0.3, 0.4) is 0 Å². The Balaban J connectivity index is 1.37.